The van der Waals surface area contributed by atoms with Gasteiger partial charge >= 0.3 is 0 Å². The summed E-state index contributed by atoms with van der Waals surface area (Å²) in [5, 5.41) is 1.79. The van der Waals surface area contributed by atoms with E-state index in [0.29, 0.717) is 129 Å². The van der Waals surface area contributed by atoms with Gasteiger partial charge in [0.25, 0.3) is 0 Å². The van der Waals surface area contributed by atoms with E-state index in [1.54, 1.807) is 22.7 Å². The summed E-state index contributed by atoms with van der Waals surface area (Å²) in [6.07, 6.45) is 8.12. The fourth-order valence-electron chi connectivity index (χ4n) is 5.54. The average Bonchev–Trinajstić information content (AvgIpc) is 3.81. The van der Waals surface area contributed by atoms with Crippen molar-refractivity contribution < 1.29 is 47.4 Å². The first-order valence-corrected chi connectivity index (χ1v) is 19.7. The molecule has 286 valence electrons. The molecule has 7 rings (SSSR count). The Bertz CT molecular complexity index is 1850. The first kappa shape index (κ1) is 38.2. The van der Waals surface area contributed by atoms with Crippen LogP contribution in [0.1, 0.15) is 21.1 Å². The molecule has 0 atom stereocenters. The van der Waals surface area contributed by atoms with Gasteiger partial charge in [0, 0.05) is 0 Å². The standard InChI is InChI=1S/C40H44N2O10S2/c1-6-32-34(51-25-21-47-17-13-43-11-15-45-19-23-49-32)27-29(1)3-9-37-41-31-5-8-36-39(40(31)54-37)42-38(53-36)10-4-30-2-7-33-35(28-30)52-26-22-48-18-14-44-12-16-46-20-24-50-33/h1-10,27-28H,11-26H2/b9-3+,10-4+. The smallest absolute Gasteiger partial charge is 0.161 e. The number of fused-ring (bicyclic) bond motifs is 5. The highest BCUT2D eigenvalue weighted by Crippen LogP contribution is 2.35. The highest BCUT2D eigenvalue weighted by atomic mass is 32.1. The fourth-order valence-corrected chi connectivity index (χ4v) is 7.44. The Labute approximate surface area is 322 Å². The maximum Gasteiger partial charge on any atom is 0.161 e. The predicted octanol–water partition coefficient (Wildman–Crippen LogP) is 6.89. The Morgan fingerprint density at radius 3 is 1.31 bits per heavy atom. The topological polar surface area (TPSA) is 118 Å². The number of nitrogens with zero attached hydrogens (tertiary/aromatic N) is 2. The molecule has 12 nitrogen and oxygen atoms in total. The summed E-state index contributed by atoms with van der Waals surface area (Å²) >= 11 is 3.26. The highest BCUT2D eigenvalue weighted by molar-refractivity contribution is 7.23. The first-order chi connectivity index (χ1) is 26.8. The van der Waals surface area contributed by atoms with E-state index in [4.69, 9.17) is 57.3 Å². The second-order valence-corrected chi connectivity index (χ2v) is 14.1. The molecule has 0 bridgehead atoms. The van der Waals surface area contributed by atoms with E-state index in [9.17, 15) is 0 Å². The summed E-state index contributed by atoms with van der Waals surface area (Å²) in [6, 6.07) is 15.9. The van der Waals surface area contributed by atoms with Crippen molar-refractivity contribution in [1.29, 1.82) is 0 Å². The zero-order valence-corrected chi connectivity index (χ0v) is 31.7. The Hall–Kier alpha value is -4.12. The van der Waals surface area contributed by atoms with Gasteiger partial charge in [-0.05, 0) is 59.7 Å². The maximum atomic E-state index is 6.05. The van der Waals surface area contributed by atoms with E-state index < -0.39 is 0 Å². The zero-order chi connectivity index (χ0) is 36.6. The van der Waals surface area contributed by atoms with E-state index >= 15 is 0 Å². The molecule has 4 heterocycles. The van der Waals surface area contributed by atoms with Gasteiger partial charge in [0.1, 0.15) is 42.0 Å². The van der Waals surface area contributed by atoms with Crippen LogP contribution in [0.2, 0.25) is 0 Å². The molecule has 2 aliphatic rings. The molecule has 5 aromatic rings. The molecule has 2 aliphatic heterocycles. The van der Waals surface area contributed by atoms with Gasteiger partial charge in [0.05, 0.1) is 94.2 Å². The fraction of sp³-hybridized carbons (Fsp3) is 0.400. The molecule has 3 aromatic carbocycles. The van der Waals surface area contributed by atoms with E-state index in [1.807, 2.05) is 60.7 Å². The van der Waals surface area contributed by atoms with Gasteiger partial charge in [-0.3, -0.25) is 0 Å². The van der Waals surface area contributed by atoms with E-state index in [-0.39, 0.29) is 0 Å². The van der Waals surface area contributed by atoms with Crippen molar-refractivity contribution in [3.63, 3.8) is 0 Å². The Morgan fingerprint density at radius 1 is 0.407 bits per heavy atom. The lowest BCUT2D eigenvalue weighted by Crippen LogP contribution is -2.13. The summed E-state index contributed by atoms with van der Waals surface area (Å²) in [5.41, 5.74) is 3.80. The maximum absolute atomic E-state index is 6.05. The van der Waals surface area contributed by atoms with Crippen LogP contribution in [0.4, 0.5) is 0 Å². The van der Waals surface area contributed by atoms with Crippen LogP contribution >= 0.6 is 22.7 Å². The molecule has 14 heteroatoms. The van der Waals surface area contributed by atoms with Gasteiger partial charge in [-0.25, -0.2) is 9.97 Å². The van der Waals surface area contributed by atoms with E-state index in [1.165, 1.54) is 0 Å². The Kier molecular flexibility index (Phi) is 14.5. The molecule has 0 amide bonds. The molecule has 0 unspecified atom stereocenters. The molecule has 2 aromatic heterocycles. The second kappa shape index (κ2) is 20.5. The van der Waals surface area contributed by atoms with Crippen LogP contribution in [0.25, 0.3) is 44.7 Å². The monoisotopic (exact) mass is 776 g/mol. The molecule has 0 fully saturated rings. The van der Waals surface area contributed by atoms with Crippen molar-refractivity contribution in [2.45, 2.75) is 0 Å². The summed E-state index contributed by atoms with van der Waals surface area (Å²) < 4.78 is 59.6. The van der Waals surface area contributed by atoms with Gasteiger partial charge in [-0.1, -0.05) is 24.3 Å². The number of thiazole rings is 2. The summed E-state index contributed by atoms with van der Waals surface area (Å²) in [6.45, 7) is 7.64. The van der Waals surface area contributed by atoms with Crippen LogP contribution in [0, 0.1) is 0 Å². The highest BCUT2D eigenvalue weighted by Gasteiger charge is 2.13. The summed E-state index contributed by atoms with van der Waals surface area (Å²) in [4.78, 5) is 9.89. The van der Waals surface area contributed by atoms with Crippen LogP contribution in [0.3, 0.4) is 0 Å². The lowest BCUT2D eigenvalue weighted by molar-refractivity contribution is 0.00708. The van der Waals surface area contributed by atoms with Gasteiger partial charge in [0.15, 0.2) is 23.0 Å². The molecule has 0 N–H and O–H groups in total. The molecular formula is C40H44N2O10S2. The number of aromatic nitrogens is 2. The van der Waals surface area contributed by atoms with Crippen LogP contribution < -0.4 is 18.9 Å². The number of hydrogen-bond acceptors (Lipinski definition) is 14. The lowest BCUT2D eigenvalue weighted by atomic mass is 10.2. The minimum atomic E-state index is 0.401. The van der Waals surface area contributed by atoms with Crippen molar-refractivity contribution >= 4 is 67.4 Å². The molecule has 0 radical (unpaired) electrons. The van der Waals surface area contributed by atoms with Gasteiger partial charge in [-0.2, -0.15) is 0 Å². The third-order valence-corrected chi connectivity index (χ3v) is 10.2. The quantitative estimate of drug-likeness (QED) is 0.189. The zero-order valence-electron chi connectivity index (χ0n) is 30.0. The normalized spacial score (nSPS) is 17.9. The number of hydrogen-bond donors (Lipinski definition) is 0. The van der Waals surface area contributed by atoms with Crippen molar-refractivity contribution in [1.82, 2.24) is 9.97 Å². The van der Waals surface area contributed by atoms with Crippen LogP contribution in [-0.4, -0.2) is 116 Å². The third kappa shape index (κ3) is 11.2. The number of ether oxygens (including phenoxy) is 10. The van der Waals surface area contributed by atoms with Crippen molar-refractivity contribution in [2.75, 3.05) is 106 Å². The van der Waals surface area contributed by atoms with Gasteiger partial charge in [0.2, 0.25) is 0 Å². The van der Waals surface area contributed by atoms with Crippen molar-refractivity contribution in [3.05, 3.63) is 69.7 Å². The average molecular weight is 777 g/mol. The largest absolute Gasteiger partial charge is 0.487 e. The second-order valence-electron chi connectivity index (χ2n) is 12.0. The first-order valence-electron chi connectivity index (χ1n) is 18.1. The predicted molar refractivity (Wildman–Crippen MR) is 210 cm³/mol. The minimum Gasteiger partial charge on any atom is -0.487 e. The third-order valence-electron chi connectivity index (χ3n) is 8.15. The van der Waals surface area contributed by atoms with Crippen molar-refractivity contribution in [2.24, 2.45) is 0 Å². The van der Waals surface area contributed by atoms with Crippen LogP contribution in [0.5, 0.6) is 23.0 Å². The number of rotatable bonds is 4. The summed E-state index contributed by atoms with van der Waals surface area (Å²) in [5.74, 6) is 2.64. The molecule has 54 heavy (non-hydrogen) atoms. The minimum absolute atomic E-state index is 0.401. The summed E-state index contributed by atoms with van der Waals surface area (Å²) in [7, 11) is 0. The molecule has 0 saturated heterocycles. The van der Waals surface area contributed by atoms with E-state index in [2.05, 4.69) is 12.1 Å². The molecule has 0 saturated carbocycles. The molecule has 0 spiro atoms. The Morgan fingerprint density at radius 2 is 0.833 bits per heavy atom. The van der Waals surface area contributed by atoms with Gasteiger partial charge in [-0.15, -0.1) is 22.7 Å². The number of benzene rings is 3. The lowest BCUT2D eigenvalue weighted by Gasteiger charge is -2.13. The van der Waals surface area contributed by atoms with Crippen LogP contribution in [-0.2, 0) is 28.4 Å². The Balaban J connectivity index is 1.03. The van der Waals surface area contributed by atoms with Crippen molar-refractivity contribution in [3.8, 4) is 23.0 Å². The van der Waals surface area contributed by atoms with E-state index in [0.717, 1.165) is 41.6 Å². The molecular weight excluding hydrogens is 733 g/mol. The van der Waals surface area contributed by atoms with Gasteiger partial charge < -0.3 is 47.4 Å². The molecule has 0 aliphatic carbocycles. The SMILES string of the molecule is C(=C\c1nc2c(ccc3nc(/C=C/c4ccc5c(c4)OCCOCCOCCOCCO5)sc32)s1)/c1ccc2c(c1)OCCOCCOCCOCCO2. The van der Waals surface area contributed by atoms with Crippen LogP contribution in [0.15, 0.2) is 48.5 Å².